The van der Waals surface area contributed by atoms with Gasteiger partial charge >= 0.3 is 5.97 Å². The number of anilines is 1. The molecule has 0 unspecified atom stereocenters. The minimum atomic E-state index is -1.12. The Morgan fingerprint density at radius 1 is 1.35 bits per heavy atom. The van der Waals surface area contributed by atoms with Crippen molar-refractivity contribution in [3.63, 3.8) is 0 Å². The Kier molecular flexibility index (Phi) is 3.92. The van der Waals surface area contributed by atoms with Gasteiger partial charge in [-0.1, -0.05) is 43.1 Å². The molecule has 0 bridgehead atoms. The number of carboxylic acid groups (broad SMARTS) is 1. The monoisotopic (exact) mass is 313 g/mol. The van der Waals surface area contributed by atoms with Crippen LogP contribution >= 0.6 is 23.2 Å². The smallest absolute Gasteiger partial charge is 0.341 e. The van der Waals surface area contributed by atoms with Gasteiger partial charge in [0.05, 0.1) is 15.7 Å². The molecular weight excluding hydrogens is 301 g/mol. The fourth-order valence-corrected chi connectivity index (χ4v) is 2.49. The van der Waals surface area contributed by atoms with Gasteiger partial charge in [-0.15, -0.1) is 0 Å². The van der Waals surface area contributed by atoms with Gasteiger partial charge in [0.1, 0.15) is 17.1 Å². The molecule has 0 atom stereocenters. The van der Waals surface area contributed by atoms with Crippen molar-refractivity contribution in [2.45, 2.75) is 19.8 Å². The first-order valence-corrected chi connectivity index (χ1v) is 6.66. The lowest BCUT2D eigenvalue weighted by Crippen LogP contribution is -2.07. The lowest BCUT2D eigenvalue weighted by molar-refractivity contribution is 0.0696. The summed E-state index contributed by atoms with van der Waals surface area (Å²) >= 11 is 12.2. The summed E-state index contributed by atoms with van der Waals surface area (Å²) in [4.78, 5) is 11.4. The molecule has 1 aromatic heterocycles. The van der Waals surface area contributed by atoms with E-state index >= 15 is 0 Å². The molecule has 0 fully saturated rings. The lowest BCUT2D eigenvalue weighted by atomic mass is 10.1. The Morgan fingerprint density at radius 3 is 2.30 bits per heavy atom. The highest BCUT2D eigenvalue weighted by molar-refractivity contribution is 6.37. The molecule has 106 valence electrons. The number of nitrogens with zero attached hydrogens (tertiary/aromatic N) is 2. The zero-order valence-electron chi connectivity index (χ0n) is 10.9. The zero-order chi connectivity index (χ0) is 15.0. The molecule has 0 aliphatic heterocycles. The van der Waals surface area contributed by atoms with Crippen molar-refractivity contribution in [1.29, 1.82) is 0 Å². The van der Waals surface area contributed by atoms with Crippen LogP contribution in [0.15, 0.2) is 18.2 Å². The van der Waals surface area contributed by atoms with Gasteiger partial charge in [0.15, 0.2) is 0 Å². The molecule has 7 heteroatoms. The summed E-state index contributed by atoms with van der Waals surface area (Å²) in [5.74, 6) is -1.21. The Bertz CT molecular complexity index is 660. The number of benzene rings is 1. The number of aromatic nitrogens is 2. The molecule has 1 aromatic carbocycles. The van der Waals surface area contributed by atoms with Crippen molar-refractivity contribution >= 4 is 35.0 Å². The van der Waals surface area contributed by atoms with Gasteiger partial charge in [0.25, 0.3) is 0 Å². The third-order valence-corrected chi connectivity index (χ3v) is 3.47. The van der Waals surface area contributed by atoms with Crippen LogP contribution in [0.4, 0.5) is 5.82 Å². The average Bonchev–Trinajstić information content (AvgIpc) is 2.67. The van der Waals surface area contributed by atoms with Crippen molar-refractivity contribution in [2.75, 3.05) is 5.73 Å². The van der Waals surface area contributed by atoms with Crippen LogP contribution in [-0.2, 0) is 0 Å². The number of nitrogen functional groups attached to an aromatic ring is 1. The molecule has 0 amide bonds. The molecule has 0 spiro atoms. The van der Waals surface area contributed by atoms with E-state index in [9.17, 15) is 9.90 Å². The first kappa shape index (κ1) is 14.7. The van der Waals surface area contributed by atoms with Crippen LogP contribution in [0.5, 0.6) is 0 Å². The number of hydrogen-bond donors (Lipinski definition) is 2. The Labute approximate surface area is 125 Å². The van der Waals surface area contributed by atoms with E-state index in [1.807, 2.05) is 13.8 Å². The van der Waals surface area contributed by atoms with Crippen molar-refractivity contribution in [3.8, 4) is 5.69 Å². The van der Waals surface area contributed by atoms with Crippen LogP contribution < -0.4 is 5.73 Å². The molecule has 0 aliphatic rings. The maximum absolute atomic E-state index is 11.4. The highest BCUT2D eigenvalue weighted by Crippen LogP contribution is 2.33. The molecule has 1 heterocycles. The summed E-state index contributed by atoms with van der Waals surface area (Å²) < 4.78 is 1.28. The second-order valence-electron chi connectivity index (χ2n) is 4.59. The van der Waals surface area contributed by atoms with Crippen LogP contribution in [0.2, 0.25) is 10.0 Å². The third kappa shape index (κ3) is 2.34. The number of para-hydroxylation sites is 1. The number of carboxylic acids is 1. The largest absolute Gasteiger partial charge is 0.477 e. The van der Waals surface area contributed by atoms with Crippen molar-refractivity contribution < 1.29 is 9.90 Å². The number of carbonyl (C=O) groups is 1. The normalized spacial score (nSPS) is 11.1. The van der Waals surface area contributed by atoms with Crippen LogP contribution in [0, 0.1) is 0 Å². The summed E-state index contributed by atoms with van der Waals surface area (Å²) in [6.45, 7) is 3.68. The fourth-order valence-electron chi connectivity index (χ4n) is 1.93. The number of aromatic carboxylic acids is 1. The van der Waals surface area contributed by atoms with Crippen LogP contribution in [0.1, 0.15) is 35.8 Å². The minimum absolute atomic E-state index is 0.0104. The Hall–Kier alpha value is -1.72. The van der Waals surface area contributed by atoms with E-state index in [2.05, 4.69) is 5.10 Å². The lowest BCUT2D eigenvalue weighted by Gasteiger charge is -2.08. The highest BCUT2D eigenvalue weighted by Gasteiger charge is 2.25. The van der Waals surface area contributed by atoms with Crippen LogP contribution in [0.25, 0.3) is 5.69 Å². The maximum Gasteiger partial charge on any atom is 0.341 e. The molecule has 2 aromatic rings. The zero-order valence-corrected chi connectivity index (χ0v) is 12.4. The molecule has 5 nitrogen and oxygen atoms in total. The van der Waals surface area contributed by atoms with Crippen molar-refractivity contribution in [2.24, 2.45) is 0 Å². The van der Waals surface area contributed by atoms with E-state index < -0.39 is 5.97 Å². The van der Waals surface area contributed by atoms with E-state index in [1.165, 1.54) is 4.68 Å². The summed E-state index contributed by atoms with van der Waals surface area (Å²) in [6.07, 6.45) is 0. The van der Waals surface area contributed by atoms with Gasteiger partial charge in [0, 0.05) is 0 Å². The first-order chi connectivity index (χ1) is 9.34. The summed E-state index contributed by atoms with van der Waals surface area (Å²) in [5, 5.41) is 14.3. The van der Waals surface area contributed by atoms with Crippen LogP contribution in [0.3, 0.4) is 0 Å². The minimum Gasteiger partial charge on any atom is -0.477 e. The molecule has 0 saturated carbocycles. The molecule has 0 saturated heterocycles. The third-order valence-electron chi connectivity index (χ3n) is 2.86. The SMILES string of the molecule is CC(C)c1nn(-c2c(Cl)cccc2Cl)c(N)c1C(=O)O. The van der Waals surface area contributed by atoms with Crippen LogP contribution in [-0.4, -0.2) is 20.9 Å². The predicted octanol–water partition coefficient (Wildman–Crippen LogP) is 3.58. The van der Waals surface area contributed by atoms with Gasteiger partial charge in [-0.3, -0.25) is 0 Å². The van der Waals surface area contributed by atoms with E-state index in [1.54, 1.807) is 18.2 Å². The molecule has 0 aliphatic carbocycles. The van der Waals surface area contributed by atoms with E-state index in [4.69, 9.17) is 28.9 Å². The Morgan fingerprint density at radius 2 is 1.90 bits per heavy atom. The summed E-state index contributed by atoms with van der Waals surface area (Å²) in [6, 6.07) is 4.97. The number of hydrogen-bond acceptors (Lipinski definition) is 3. The van der Waals surface area contributed by atoms with E-state index in [0.29, 0.717) is 21.4 Å². The maximum atomic E-state index is 11.4. The Balaban J connectivity index is 2.77. The van der Waals surface area contributed by atoms with Crippen molar-refractivity contribution in [3.05, 3.63) is 39.5 Å². The van der Waals surface area contributed by atoms with Crippen molar-refractivity contribution in [1.82, 2.24) is 9.78 Å². The number of nitrogens with two attached hydrogens (primary N) is 1. The van der Waals surface area contributed by atoms with Gasteiger partial charge in [-0.05, 0) is 18.1 Å². The van der Waals surface area contributed by atoms with E-state index in [0.717, 1.165) is 0 Å². The molecule has 2 rings (SSSR count). The molecule has 3 N–H and O–H groups in total. The number of rotatable bonds is 3. The number of halogens is 2. The first-order valence-electron chi connectivity index (χ1n) is 5.90. The molecular formula is C13H13Cl2N3O2. The average molecular weight is 314 g/mol. The van der Waals surface area contributed by atoms with Gasteiger partial charge < -0.3 is 10.8 Å². The predicted molar refractivity (Wildman–Crippen MR) is 79.0 cm³/mol. The second kappa shape index (κ2) is 5.34. The highest BCUT2D eigenvalue weighted by atomic mass is 35.5. The quantitative estimate of drug-likeness (QED) is 0.907. The second-order valence-corrected chi connectivity index (χ2v) is 5.40. The van der Waals surface area contributed by atoms with E-state index in [-0.39, 0.29) is 17.3 Å². The molecule has 0 radical (unpaired) electrons. The topological polar surface area (TPSA) is 81.1 Å². The molecule has 20 heavy (non-hydrogen) atoms. The standard InChI is InChI=1S/C13H13Cl2N3O2/c1-6(2)10-9(13(19)20)12(16)18(17-10)11-7(14)4-3-5-8(11)15/h3-6H,16H2,1-2H3,(H,19,20). The summed E-state index contributed by atoms with van der Waals surface area (Å²) in [5.41, 5.74) is 6.67. The summed E-state index contributed by atoms with van der Waals surface area (Å²) in [7, 11) is 0. The van der Waals surface area contributed by atoms with Gasteiger partial charge in [0.2, 0.25) is 0 Å². The van der Waals surface area contributed by atoms with Gasteiger partial charge in [-0.2, -0.15) is 5.10 Å². The van der Waals surface area contributed by atoms with Gasteiger partial charge in [-0.25, -0.2) is 9.48 Å². The fraction of sp³-hybridized carbons (Fsp3) is 0.231.